The van der Waals surface area contributed by atoms with Crippen LogP contribution in [0.4, 0.5) is 0 Å². The molecule has 0 fully saturated rings. The molecule has 0 spiro atoms. The van der Waals surface area contributed by atoms with Crippen LogP contribution in [0, 0.1) is 0 Å². The second-order valence-electron chi connectivity index (χ2n) is 1.74. The van der Waals surface area contributed by atoms with E-state index in [9.17, 15) is 0 Å². The molecular weight excluding hydrogens is 210 g/mol. The summed E-state index contributed by atoms with van der Waals surface area (Å²) in [5.74, 6) is 0.984. The molecule has 0 heterocycles. The van der Waals surface area contributed by atoms with E-state index in [-0.39, 0.29) is 4.49 Å². The van der Waals surface area contributed by atoms with Gasteiger partial charge in [-0.05, 0) is 12.2 Å². The zero-order valence-corrected chi connectivity index (χ0v) is 8.75. The van der Waals surface area contributed by atoms with Crippen molar-refractivity contribution in [2.75, 3.05) is 5.75 Å². The molecule has 0 aromatic rings. The molecule has 0 rings (SSSR count). The van der Waals surface area contributed by atoms with Gasteiger partial charge in [0.05, 0.1) is 0 Å². The molecule has 0 nitrogen and oxygen atoms in total. The summed E-state index contributed by atoms with van der Waals surface area (Å²) in [4.78, 5) is 0. The number of hydrogen-bond donors (Lipinski definition) is 0. The zero-order valence-electron chi connectivity index (χ0n) is 5.66. The molecule has 0 aliphatic heterocycles. The van der Waals surface area contributed by atoms with Gasteiger partial charge in [0.1, 0.15) is 8.86 Å². The first-order valence-corrected chi connectivity index (χ1v) is 5.14. The van der Waals surface area contributed by atoms with Crippen molar-refractivity contribution in [2.45, 2.75) is 19.8 Å². The van der Waals surface area contributed by atoms with Gasteiger partial charge >= 0.3 is 0 Å². The van der Waals surface area contributed by atoms with E-state index in [1.165, 1.54) is 11.8 Å². The molecule has 0 saturated carbocycles. The minimum Gasteiger partial charge on any atom is -0.112 e. The Labute approximate surface area is 80.9 Å². The van der Waals surface area contributed by atoms with E-state index in [0.29, 0.717) is 4.36 Å². The Balaban J connectivity index is 3.40. The van der Waals surface area contributed by atoms with E-state index in [1.54, 1.807) is 0 Å². The lowest BCUT2D eigenvalue weighted by molar-refractivity contribution is 0.897. The van der Waals surface area contributed by atoms with Crippen molar-refractivity contribution in [3.05, 3.63) is 8.86 Å². The van der Waals surface area contributed by atoms with Crippen molar-refractivity contribution < 1.29 is 0 Å². The molecule has 0 aliphatic carbocycles. The summed E-state index contributed by atoms with van der Waals surface area (Å²) in [5.41, 5.74) is 0. The highest BCUT2D eigenvalue weighted by atomic mass is 35.5. The first kappa shape index (κ1) is 11.0. The average Bonchev–Trinajstić information content (AvgIpc) is 1.88. The smallest absolute Gasteiger partial charge is 0.112 e. The molecule has 10 heavy (non-hydrogen) atoms. The maximum absolute atomic E-state index is 5.63. The lowest BCUT2D eigenvalue weighted by Gasteiger charge is -1.96. The maximum atomic E-state index is 5.63. The minimum absolute atomic E-state index is 0.169. The van der Waals surface area contributed by atoms with Crippen molar-refractivity contribution >= 4 is 46.6 Å². The summed E-state index contributed by atoms with van der Waals surface area (Å²) in [6.07, 6.45) is 2.30. The summed E-state index contributed by atoms with van der Waals surface area (Å²) in [5, 5.41) is 0. The monoisotopic (exact) mass is 218 g/mol. The highest BCUT2D eigenvalue weighted by Gasteiger charge is 1.97. The molecule has 0 atom stereocenters. The highest BCUT2D eigenvalue weighted by Crippen LogP contribution is 2.29. The fourth-order valence-electron chi connectivity index (χ4n) is 0.361. The molecule has 4 heteroatoms. The van der Waals surface area contributed by atoms with Gasteiger partial charge in [0.2, 0.25) is 0 Å². The van der Waals surface area contributed by atoms with Crippen LogP contribution in [0.1, 0.15) is 19.8 Å². The third kappa shape index (κ3) is 5.72. The van der Waals surface area contributed by atoms with Crippen LogP contribution < -0.4 is 0 Å². The van der Waals surface area contributed by atoms with Crippen LogP contribution in [0.3, 0.4) is 0 Å². The molecule has 0 saturated heterocycles. The van der Waals surface area contributed by atoms with Gasteiger partial charge < -0.3 is 0 Å². The predicted molar refractivity (Wildman–Crippen MR) is 52.0 cm³/mol. The molecule has 0 radical (unpaired) electrons. The average molecular weight is 220 g/mol. The SMILES string of the molecule is CCCCSC(Cl)=C(Cl)Cl. The van der Waals surface area contributed by atoms with Gasteiger partial charge in [-0.15, -0.1) is 11.8 Å². The molecule has 0 N–H and O–H groups in total. The zero-order chi connectivity index (χ0) is 7.98. The van der Waals surface area contributed by atoms with E-state index >= 15 is 0 Å². The van der Waals surface area contributed by atoms with Crippen LogP contribution in [0.25, 0.3) is 0 Å². The van der Waals surface area contributed by atoms with Crippen LogP contribution in [-0.4, -0.2) is 5.75 Å². The Bertz CT molecular complexity index is 118. The van der Waals surface area contributed by atoms with E-state index in [4.69, 9.17) is 34.8 Å². The maximum Gasteiger partial charge on any atom is 0.131 e. The second kappa shape index (κ2) is 6.66. The summed E-state index contributed by atoms with van der Waals surface area (Å²) in [6.45, 7) is 2.13. The third-order valence-corrected chi connectivity index (χ3v) is 3.14. The van der Waals surface area contributed by atoms with Crippen LogP contribution in [0.5, 0.6) is 0 Å². The Morgan fingerprint density at radius 1 is 1.30 bits per heavy atom. The summed E-state index contributed by atoms with van der Waals surface area (Å²) in [6, 6.07) is 0. The molecule has 0 amide bonds. The number of thioether (sulfide) groups is 1. The molecule has 60 valence electrons. The minimum atomic E-state index is 0.169. The van der Waals surface area contributed by atoms with Crippen molar-refractivity contribution in [3.63, 3.8) is 0 Å². The molecular formula is C6H9Cl3S. The Hall–Kier alpha value is 0.960. The van der Waals surface area contributed by atoms with Crippen molar-refractivity contribution in [2.24, 2.45) is 0 Å². The third-order valence-electron chi connectivity index (χ3n) is 0.875. The van der Waals surface area contributed by atoms with E-state index in [1.807, 2.05) is 0 Å². The topological polar surface area (TPSA) is 0 Å². The summed E-state index contributed by atoms with van der Waals surface area (Å²) >= 11 is 17.9. The van der Waals surface area contributed by atoms with Gasteiger partial charge in [0, 0.05) is 0 Å². The fourth-order valence-corrected chi connectivity index (χ4v) is 1.64. The summed E-state index contributed by atoms with van der Waals surface area (Å²) < 4.78 is 0.666. The quantitative estimate of drug-likeness (QED) is 0.633. The van der Waals surface area contributed by atoms with E-state index < -0.39 is 0 Å². The molecule has 0 aromatic carbocycles. The van der Waals surface area contributed by atoms with Crippen molar-refractivity contribution in [1.29, 1.82) is 0 Å². The van der Waals surface area contributed by atoms with Gasteiger partial charge in [-0.1, -0.05) is 48.1 Å². The normalized spacial score (nSPS) is 9.60. The van der Waals surface area contributed by atoms with Crippen molar-refractivity contribution in [1.82, 2.24) is 0 Å². The largest absolute Gasteiger partial charge is 0.131 e. The van der Waals surface area contributed by atoms with Gasteiger partial charge in [-0.25, -0.2) is 0 Å². The second-order valence-corrected chi connectivity index (χ2v) is 4.39. The number of unbranched alkanes of at least 4 members (excludes halogenated alkanes) is 1. The first-order chi connectivity index (χ1) is 4.68. The molecule has 0 bridgehead atoms. The predicted octanol–water partition coefficient (Wildman–Crippen LogP) is 4.36. The Kier molecular flexibility index (Phi) is 7.30. The number of halogens is 3. The Morgan fingerprint density at radius 2 is 1.90 bits per heavy atom. The van der Waals surface area contributed by atoms with Crippen LogP contribution >= 0.6 is 46.6 Å². The number of hydrogen-bond acceptors (Lipinski definition) is 1. The molecule has 0 unspecified atom stereocenters. The first-order valence-electron chi connectivity index (χ1n) is 3.02. The van der Waals surface area contributed by atoms with Gasteiger partial charge in [0.25, 0.3) is 0 Å². The number of rotatable bonds is 4. The van der Waals surface area contributed by atoms with Crippen LogP contribution in [0.2, 0.25) is 0 Å². The van der Waals surface area contributed by atoms with E-state index in [2.05, 4.69) is 6.92 Å². The molecule has 0 aromatic heterocycles. The van der Waals surface area contributed by atoms with E-state index in [0.717, 1.165) is 18.6 Å². The fraction of sp³-hybridized carbons (Fsp3) is 0.667. The lowest BCUT2D eigenvalue weighted by Crippen LogP contribution is -1.75. The van der Waals surface area contributed by atoms with Crippen LogP contribution in [-0.2, 0) is 0 Å². The van der Waals surface area contributed by atoms with Gasteiger partial charge in [-0.2, -0.15) is 0 Å². The van der Waals surface area contributed by atoms with Gasteiger partial charge in [0.15, 0.2) is 0 Å². The van der Waals surface area contributed by atoms with Crippen molar-refractivity contribution in [3.8, 4) is 0 Å². The summed E-state index contributed by atoms with van der Waals surface area (Å²) in [7, 11) is 0. The molecule has 0 aliphatic rings. The highest BCUT2D eigenvalue weighted by molar-refractivity contribution is 8.04. The Morgan fingerprint density at radius 3 is 2.30 bits per heavy atom. The standard InChI is InChI=1S/C6H9Cl3S/c1-2-3-4-10-6(9)5(7)8/h2-4H2,1H3. The van der Waals surface area contributed by atoms with Crippen LogP contribution in [0.15, 0.2) is 8.86 Å². The van der Waals surface area contributed by atoms with Gasteiger partial charge in [-0.3, -0.25) is 0 Å². The lowest BCUT2D eigenvalue weighted by atomic mass is 10.4.